The Bertz CT molecular complexity index is 141. The van der Waals surface area contributed by atoms with Crippen molar-refractivity contribution in [2.45, 2.75) is 38.1 Å². The van der Waals surface area contributed by atoms with E-state index in [0.29, 0.717) is 5.92 Å². The molecule has 1 saturated carbocycles. The zero-order chi connectivity index (χ0) is 8.81. The van der Waals surface area contributed by atoms with Crippen LogP contribution in [0.2, 0.25) is 0 Å². The second kappa shape index (κ2) is 5.25. The lowest BCUT2D eigenvalue weighted by Gasteiger charge is -2.25. The molecule has 0 unspecified atom stereocenters. The standard InChI is InChI=1S/C9H17FN2/c1-11-7-9(12-10)8-5-3-2-4-6-8/h7-9,12H,2-6H2,1H3/b11-7+/t9-/m0/s1. The van der Waals surface area contributed by atoms with Gasteiger partial charge in [0.05, 0.1) is 6.04 Å². The van der Waals surface area contributed by atoms with Gasteiger partial charge in [0.15, 0.2) is 0 Å². The summed E-state index contributed by atoms with van der Waals surface area (Å²) in [4.78, 5) is 3.85. The number of nitrogens with one attached hydrogen (secondary N) is 1. The van der Waals surface area contributed by atoms with Gasteiger partial charge in [-0.1, -0.05) is 19.3 Å². The molecule has 1 rings (SSSR count). The summed E-state index contributed by atoms with van der Waals surface area (Å²) in [6.45, 7) is 0. The number of nitrogens with zero attached hydrogens (tertiary/aromatic N) is 1. The highest BCUT2D eigenvalue weighted by molar-refractivity contribution is 5.64. The number of halogens is 1. The molecule has 1 N–H and O–H groups in total. The minimum atomic E-state index is -0.157. The Morgan fingerprint density at radius 3 is 2.58 bits per heavy atom. The van der Waals surface area contributed by atoms with Gasteiger partial charge in [0.2, 0.25) is 0 Å². The number of hydrogen-bond donors (Lipinski definition) is 1. The van der Waals surface area contributed by atoms with Crippen molar-refractivity contribution in [1.29, 1.82) is 0 Å². The van der Waals surface area contributed by atoms with Crippen LogP contribution in [0.15, 0.2) is 4.99 Å². The van der Waals surface area contributed by atoms with Gasteiger partial charge in [-0.2, -0.15) is 5.54 Å². The second-order valence-electron chi connectivity index (χ2n) is 3.44. The Morgan fingerprint density at radius 2 is 2.08 bits per heavy atom. The number of hydrogen-bond acceptors (Lipinski definition) is 2. The molecular weight excluding hydrogens is 155 g/mol. The first-order valence-electron chi connectivity index (χ1n) is 4.67. The lowest BCUT2D eigenvalue weighted by Crippen LogP contribution is -2.33. The van der Waals surface area contributed by atoms with E-state index in [1.54, 1.807) is 13.3 Å². The Labute approximate surface area is 73.2 Å². The Morgan fingerprint density at radius 1 is 1.42 bits per heavy atom. The molecule has 0 radical (unpaired) electrons. The maximum absolute atomic E-state index is 12.3. The van der Waals surface area contributed by atoms with E-state index in [1.165, 1.54) is 19.3 Å². The third-order valence-electron chi connectivity index (χ3n) is 2.59. The Hall–Kier alpha value is -0.440. The van der Waals surface area contributed by atoms with Crippen molar-refractivity contribution in [1.82, 2.24) is 5.54 Å². The lowest BCUT2D eigenvalue weighted by molar-refractivity contribution is 0.223. The van der Waals surface area contributed by atoms with Crippen molar-refractivity contribution in [3.63, 3.8) is 0 Å². The first kappa shape index (κ1) is 9.65. The molecule has 0 spiro atoms. The predicted octanol–water partition coefficient (Wildman–Crippen LogP) is 2.11. The molecular formula is C9H17FN2. The van der Waals surface area contributed by atoms with Crippen molar-refractivity contribution >= 4 is 6.21 Å². The topological polar surface area (TPSA) is 24.4 Å². The molecule has 2 nitrogen and oxygen atoms in total. The van der Waals surface area contributed by atoms with Crippen molar-refractivity contribution in [2.75, 3.05) is 7.05 Å². The summed E-state index contributed by atoms with van der Waals surface area (Å²) in [6, 6.07) is -0.157. The van der Waals surface area contributed by atoms with Crippen LogP contribution in [0.25, 0.3) is 0 Å². The minimum Gasteiger partial charge on any atom is -0.299 e. The number of aliphatic imine (C=N–C) groups is 1. The molecule has 12 heavy (non-hydrogen) atoms. The van der Waals surface area contributed by atoms with Gasteiger partial charge in [-0.3, -0.25) is 4.99 Å². The lowest BCUT2D eigenvalue weighted by atomic mass is 9.85. The van der Waals surface area contributed by atoms with Crippen molar-refractivity contribution in [2.24, 2.45) is 10.9 Å². The molecule has 1 aliphatic carbocycles. The second-order valence-corrected chi connectivity index (χ2v) is 3.44. The molecule has 1 aliphatic rings. The quantitative estimate of drug-likeness (QED) is 0.511. The monoisotopic (exact) mass is 172 g/mol. The molecule has 0 saturated heterocycles. The normalized spacial score (nSPS) is 23.2. The summed E-state index contributed by atoms with van der Waals surface area (Å²) in [7, 11) is 1.69. The fraction of sp³-hybridized carbons (Fsp3) is 0.889. The average molecular weight is 172 g/mol. The molecule has 1 atom stereocenters. The SMILES string of the molecule is C/N=C/[C@H](NF)C1CCCCC1. The van der Waals surface area contributed by atoms with E-state index < -0.39 is 0 Å². The van der Waals surface area contributed by atoms with Crippen LogP contribution in [-0.2, 0) is 0 Å². The zero-order valence-electron chi connectivity index (χ0n) is 7.59. The fourth-order valence-corrected chi connectivity index (χ4v) is 1.89. The van der Waals surface area contributed by atoms with Crippen LogP contribution >= 0.6 is 0 Å². The summed E-state index contributed by atoms with van der Waals surface area (Å²) < 4.78 is 12.3. The van der Waals surface area contributed by atoms with E-state index in [4.69, 9.17) is 0 Å². The Balaban J connectivity index is 2.40. The van der Waals surface area contributed by atoms with E-state index >= 15 is 0 Å². The predicted molar refractivity (Wildman–Crippen MR) is 49.0 cm³/mol. The first-order valence-corrected chi connectivity index (χ1v) is 4.67. The van der Waals surface area contributed by atoms with Crippen LogP contribution < -0.4 is 5.54 Å². The van der Waals surface area contributed by atoms with Gasteiger partial charge >= 0.3 is 0 Å². The summed E-state index contributed by atoms with van der Waals surface area (Å²) in [5.74, 6) is 0.451. The van der Waals surface area contributed by atoms with E-state index in [1.807, 2.05) is 5.54 Å². The van der Waals surface area contributed by atoms with E-state index in [2.05, 4.69) is 4.99 Å². The minimum absolute atomic E-state index is 0.157. The molecule has 1 fully saturated rings. The van der Waals surface area contributed by atoms with Gasteiger partial charge in [-0.15, -0.1) is 4.48 Å². The van der Waals surface area contributed by atoms with Crippen molar-refractivity contribution < 1.29 is 4.48 Å². The van der Waals surface area contributed by atoms with Crippen LogP contribution in [-0.4, -0.2) is 19.3 Å². The van der Waals surface area contributed by atoms with Gasteiger partial charge in [0, 0.05) is 13.3 Å². The highest BCUT2D eigenvalue weighted by atomic mass is 19.2. The fourth-order valence-electron chi connectivity index (χ4n) is 1.89. The largest absolute Gasteiger partial charge is 0.299 e. The van der Waals surface area contributed by atoms with Gasteiger partial charge in [0.25, 0.3) is 0 Å². The summed E-state index contributed by atoms with van der Waals surface area (Å²) in [5, 5.41) is 0. The van der Waals surface area contributed by atoms with Crippen LogP contribution in [0.1, 0.15) is 32.1 Å². The highest BCUT2D eigenvalue weighted by Crippen LogP contribution is 2.25. The van der Waals surface area contributed by atoms with Crippen LogP contribution in [0.3, 0.4) is 0 Å². The van der Waals surface area contributed by atoms with Gasteiger partial charge < -0.3 is 0 Å². The van der Waals surface area contributed by atoms with E-state index in [9.17, 15) is 4.48 Å². The highest BCUT2D eigenvalue weighted by Gasteiger charge is 2.21. The zero-order valence-corrected chi connectivity index (χ0v) is 7.59. The molecule has 0 bridgehead atoms. The van der Waals surface area contributed by atoms with Gasteiger partial charge in [-0.05, 0) is 18.8 Å². The van der Waals surface area contributed by atoms with Gasteiger partial charge in [-0.25, -0.2) is 0 Å². The summed E-state index contributed by atoms with van der Waals surface area (Å²) in [6.07, 6.45) is 7.72. The maximum atomic E-state index is 12.3. The molecule has 0 amide bonds. The third kappa shape index (κ3) is 2.55. The molecule has 0 aromatic carbocycles. The smallest absolute Gasteiger partial charge is 0.0747 e. The van der Waals surface area contributed by atoms with Crippen molar-refractivity contribution in [3.8, 4) is 0 Å². The molecule has 0 aliphatic heterocycles. The molecule has 0 aromatic heterocycles. The number of rotatable bonds is 3. The van der Waals surface area contributed by atoms with Gasteiger partial charge in [0.1, 0.15) is 0 Å². The average Bonchev–Trinajstić information content (AvgIpc) is 2.15. The molecule has 0 aromatic rings. The summed E-state index contributed by atoms with van der Waals surface area (Å²) >= 11 is 0. The maximum Gasteiger partial charge on any atom is 0.0747 e. The van der Waals surface area contributed by atoms with E-state index in [-0.39, 0.29) is 6.04 Å². The first-order chi connectivity index (χ1) is 5.88. The van der Waals surface area contributed by atoms with E-state index in [0.717, 1.165) is 12.8 Å². The van der Waals surface area contributed by atoms with Crippen LogP contribution in [0, 0.1) is 5.92 Å². The summed E-state index contributed by atoms with van der Waals surface area (Å²) in [5.41, 5.74) is 1.82. The molecule has 3 heteroatoms. The molecule has 70 valence electrons. The third-order valence-corrected chi connectivity index (χ3v) is 2.59. The van der Waals surface area contributed by atoms with Crippen LogP contribution in [0.4, 0.5) is 4.48 Å². The van der Waals surface area contributed by atoms with Crippen molar-refractivity contribution in [3.05, 3.63) is 0 Å². The molecule has 0 heterocycles. The van der Waals surface area contributed by atoms with Crippen LogP contribution in [0.5, 0.6) is 0 Å². The Kier molecular flexibility index (Phi) is 4.22.